The van der Waals surface area contributed by atoms with E-state index in [4.69, 9.17) is 5.73 Å². The molecule has 0 aromatic heterocycles. The van der Waals surface area contributed by atoms with E-state index in [-0.39, 0.29) is 6.17 Å². The first-order valence-corrected chi connectivity index (χ1v) is 5.18. The quantitative estimate of drug-likeness (QED) is 0.574. The van der Waals surface area contributed by atoms with E-state index in [0.717, 1.165) is 17.4 Å². The molecule has 1 aromatic rings. The Labute approximate surface area is 86.9 Å². The second-order valence-electron chi connectivity index (χ2n) is 4.40. The van der Waals surface area contributed by atoms with Gasteiger partial charge in [-0.05, 0) is 0 Å². The van der Waals surface area contributed by atoms with E-state index in [1.165, 1.54) is 5.56 Å². The third kappa shape index (κ3) is 2.82. The van der Waals surface area contributed by atoms with Crippen molar-refractivity contribution in [3.63, 3.8) is 0 Å². The third-order valence-electron chi connectivity index (χ3n) is 2.75. The highest BCUT2D eigenvalue weighted by atomic mass is 15.4. The predicted molar refractivity (Wildman–Crippen MR) is 60.5 cm³/mol. The van der Waals surface area contributed by atoms with E-state index in [9.17, 15) is 0 Å². The molecule has 0 aliphatic carbocycles. The molecule has 2 heteroatoms. The number of benzene rings is 1. The third-order valence-corrected chi connectivity index (χ3v) is 2.75. The van der Waals surface area contributed by atoms with Crippen molar-refractivity contribution < 1.29 is 4.48 Å². The molecule has 1 rings (SSSR count). The van der Waals surface area contributed by atoms with Crippen molar-refractivity contribution in [2.24, 2.45) is 5.73 Å². The fraction of sp³-hybridized carbons (Fsp3) is 0.500. The largest absolute Gasteiger partial charge is 0.310 e. The van der Waals surface area contributed by atoms with Crippen LogP contribution in [0.3, 0.4) is 0 Å². The number of hydrogen-bond donors (Lipinski definition) is 1. The topological polar surface area (TPSA) is 26.0 Å². The Morgan fingerprint density at radius 1 is 1.21 bits per heavy atom. The summed E-state index contributed by atoms with van der Waals surface area (Å²) < 4.78 is 0.848. The van der Waals surface area contributed by atoms with Crippen LogP contribution in [-0.2, 0) is 6.54 Å². The lowest BCUT2D eigenvalue weighted by Gasteiger charge is -2.35. The van der Waals surface area contributed by atoms with Crippen molar-refractivity contribution in [2.45, 2.75) is 26.1 Å². The second kappa shape index (κ2) is 4.58. The highest BCUT2D eigenvalue weighted by Crippen LogP contribution is 2.12. The molecule has 1 aromatic carbocycles. The SMILES string of the molecule is CCC(N)[N+](C)(C)Cc1ccccc1. The minimum Gasteiger partial charge on any atom is -0.310 e. The zero-order valence-corrected chi connectivity index (χ0v) is 9.40. The summed E-state index contributed by atoms with van der Waals surface area (Å²) in [5.41, 5.74) is 7.42. The fourth-order valence-corrected chi connectivity index (χ4v) is 1.67. The Morgan fingerprint density at radius 2 is 1.79 bits per heavy atom. The number of rotatable bonds is 4. The molecule has 0 aliphatic heterocycles. The predicted octanol–water partition coefficient (Wildman–Crippen LogP) is 1.96. The smallest absolute Gasteiger partial charge is 0.139 e. The van der Waals surface area contributed by atoms with Crippen LogP contribution in [-0.4, -0.2) is 24.7 Å². The maximum atomic E-state index is 6.07. The van der Waals surface area contributed by atoms with Crippen LogP contribution < -0.4 is 5.73 Å². The van der Waals surface area contributed by atoms with Crippen molar-refractivity contribution in [3.05, 3.63) is 35.9 Å². The molecule has 0 fully saturated rings. The fourth-order valence-electron chi connectivity index (χ4n) is 1.67. The molecule has 0 saturated carbocycles. The first kappa shape index (κ1) is 11.2. The van der Waals surface area contributed by atoms with Gasteiger partial charge in [0.25, 0.3) is 0 Å². The van der Waals surface area contributed by atoms with Gasteiger partial charge in [-0.2, -0.15) is 0 Å². The molecule has 78 valence electrons. The summed E-state index contributed by atoms with van der Waals surface area (Å²) in [5, 5.41) is 0. The van der Waals surface area contributed by atoms with E-state index in [1.54, 1.807) is 0 Å². The Balaban J connectivity index is 2.68. The average Bonchev–Trinajstić information content (AvgIpc) is 2.17. The molecule has 0 saturated heterocycles. The van der Waals surface area contributed by atoms with Gasteiger partial charge in [0.05, 0.1) is 14.1 Å². The van der Waals surface area contributed by atoms with Gasteiger partial charge >= 0.3 is 0 Å². The summed E-state index contributed by atoms with van der Waals surface area (Å²) in [6.07, 6.45) is 1.23. The van der Waals surface area contributed by atoms with Gasteiger partial charge in [-0.3, -0.25) is 5.73 Å². The van der Waals surface area contributed by atoms with Crippen molar-refractivity contribution in [3.8, 4) is 0 Å². The lowest BCUT2D eigenvalue weighted by atomic mass is 10.2. The van der Waals surface area contributed by atoms with Gasteiger partial charge in [-0.15, -0.1) is 0 Å². The van der Waals surface area contributed by atoms with Crippen molar-refractivity contribution in [2.75, 3.05) is 14.1 Å². The molecule has 2 N–H and O–H groups in total. The van der Waals surface area contributed by atoms with E-state index in [2.05, 4.69) is 45.3 Å². The first-order chi connectivity index (χ1) is 6.56. The molecule has 0 bridgehead atoms. The van der Waals surface area contributed by atoms with Gasteiger partial charge in [0.15, 0.2) is 0 Å². The minimum absolute atomic E-state index is 0.218. The Kier molecular flexibility index (Phi) is 3.67. The van der Waals surface area contributed by atoms with E-state index in [1.807, 2.05) is 6.07 Å². The summed E-state index contributed by atoms with van der Waals surface area (Å²) >= 11 is 0. The lowest BCUT2D eigenvalue weighted by molar-refractivity contribution is -0.927. The summed E-state index contributed by atoms with van der Waals surface area (Å²) in [5.74, 6) is 0. The molecular weight excluding hydrogens is 172 g/mol. The van der Waals surface area contributed by atoms with E-state index < -0.39 is 0 Å². The molecule has 0 heterocycles. The molecule has 1 atom stereocenters. The normalized spacial score (nSPS) is 14.0. The van der Waals surface area contributed by atoms with Gasteiger partial charge in [-0.25, -0.2) is 0 Å². The van der Waals surface area contributed by atoms with Crippen LogP contribution in [0.2, 0.25) is 0 Å². The summed E-state index contributed by atoms with van der Waals surface area (Å²) in [6.45, 7) is 3.13. The minimum atomic E-state index is 0.218. The number of hydrogen-bond acceptors (Lipinski definition) is 1. The van der Waals surface area contributed by atoms with Crippen LogP contribution in [0.15, 0.2) is 30.3 Å². The maximum Gasteiger partial charge on any atom is 0.139 e. The van der Waals surface area contributed by atoms with Crippen molar-refractivity contribution in [1.29, 1.82) is 0 Å². The van der Waals surface area contributed by atoms with Crippen molar-refractivity contribution >= 4 is 0 Å². The van der Waals surface area contributed by atoms with Crippen LogP contribution in [0, 0.1) is 0 Å². The standard InChI is InChI=1S/C12H21N2/c1-4-12(13)14(2,3)10-11-8-6-5-7-9-11/h5-9,12H,4,10,13H2,1-3H3/q+1. The Hall–Kier alpha value is -0.860. The summed E-state index contributed by atoms with van der Waals surface area (Å²) in [7, 11) is 4.36. The second-order valence-corrected chi connectivity index (χ2v) is 4.40. The lowest BCUT2D eigenvalue weighted by Crippen LogP contribution is -2.52. The van der Waals surface area contributed by atoms with Crippen LogP contribution in [0.25, 0.3) is 0 Å². The summed E-state index contributed by atoms with van der Waals surface area (Å²) in [4.78, 5) is 0. The molecule has 0 amide bonds. The molecule has 1 unspecified atom stereocenters. The maximum absolute atomic E-state index is 6.07. The highest BCUT2D eigenvalue weighted by Gasteiger charge is 2.22. The van der Waals surface area contributed by atoms with Gasteiger partial charge in [0.1, 0.15) is 12.7 Å². The van der Waals surface area contributed by atoms with Crippen LogP contribution >= 0.6 is 0 Å². The molecule has 0 spiro atoms. The van der Waals surface area contributed by atoms with E-state index in [0.29, 0.717) is 0 Å². The van der Waals surface area contributed by atoms with Crippen LogP contribution in [0.4, 0.5) is 0 Å². The zero-order chi connectivity index (χ0) is 10.6. The Morgan fingerprint density at radius 3 is 2.29 bits per heavy atom. The average molecular weight is 193 g/mol. The first-order valence-electron chi connectivity index (χ1n) is 5.18. The van der Waals surface area contributed by atoms with Gasteiger partial charge in [0.2, 0.25) is 0 Å². The van der Waals surface area contributed by atoms with Gasteiger partial charge in [0, 0.05) is 12.0 Å². The summed E-state index contributed by atoms with van der Waals surface area (Å²) in [6, 6.07) is 10.5. The van der Waals surface area contributed by atoms with Crippen LogP contribution in [0.5, 0.6) is 0 Å². The van der Waals surface area contributed by atoms with Crippen LogP contribution in [0.1, 0.15) is 18.9 Å². The molecule has 2 nitrogen and oxygen atoms in total. The highest BCUT2D eigenvalue weighted by molar-refractivity contribution is 5.13. The number of quaternary nitrogens is 1. The number of nitrogens with zero attached hydrogens (tertiary/aromatic N) is 1. The van der Waals surface area contributed by atoms with Gasteiger partial charge < -0.3 is 4.48 Å². The molecular formula is C12H21N2+. The molecule has 14 heavy (non-hydrogen) atoms. The zero-order valence-electron chi connectivity index (χ0n) is 9.40. The van der Waals surface area contributed by atoms with Gasteiger partial charge in [-0.1, -0.05) is 37.3 Å². The number of nitrogens with two attached hydrogens (primary N) is 1. The van der Waals surface area contributed by atoms with Crippen molar-refractivity contribution in [1.82, 2.24) is 0 Å². The monoisotopic (exact) mass is 193 g/mol. The molecule has 0 aliphatic rings. The van der Waals surface area contributed by atoms with E-state index >= 15 is 0 Å². The molecule has 0 radical (unpaired) electrons. The Bertz CT molecular complexity index is 267.